The lowest BCUT2D eigenvalue weighted by Crippen LogP contribution is -2.61. The number of aliphatic hydroxyl groups excluding tert-OH is 2. The van der Waals surface area contributed by atoms with Gasteiger partial charge in [0, 0.05) is 5.92 Å². The van der Waals surface area contributed by atoms with Gasteiger partial charge in [0.25, 0.3) is 11.8 Å². The Bertz CT molecular complexity index is 903. The summed E-state index contributed by atoms with van der Waals surface area (Å²) in [5.74, 6) is -4.63. The summed E-state index contributed by atoms with van der Waals surface area (Å²) in [5.41, 5.74) is 1.43. The van der Waals surface area contributed by atoms with Gasteiger partial charge in [-0.25, -0.2) is 11.0 Å². The lowest BCUT2D eigenvalue weighted by atomic mass is 9.77. The highest BCUT2D eigenvalue weighted by Crippen LogP contribution is 2.33. The fraction of sp³-hybridized carbons (Fsp3) is 0.364. The zero-order valence-corrected chi connectivity index (χ0v) is 18.5. The predicted molar refractivity (Wildman–Crippen MR) is 117 cm³/mol. The minimum absolute atomic E-state index is 0.295. The fourth-order valence-corrected chi connectivity index (χ4v) is 3.40. The second-order valence-corrected chi connectivity index (χ2v) is 7.86. The van der Waals surface area contributed by atoms with Gasteiger partial charge in [-0.2, -0.15) is 0 Å². The van der Waals surface area contributed by atoms with E-state index in [2.05, 4.69) is 10.6 Å². The maximum Gasteiger partial charge on any atom is 0.268 e. The zero-order valence-electron chi connectivity index (χ0n) is 18.5. The summed E-state index contributed by atoms with van der Waals surface area (Å²) >= 11 is 0. The fourth-order valence-electron chi connectivity index (χ4n) is 3.40. The number of carbonyl (C=O) groups is 4. The lowest BCUT2D eigenvalue weighted by molar-refractivity contribution is -0.145. The largest absolute Gasteiger partial charge is 0.391 e. The van der Waals surface area contributed by atoms with Crippen molar-refractivity contribution in [1.29, 1.82) is 0 Å². The van der Waals surface area contributed by atoms with Crippen LogP contribution >= 0.6 is 0 Å². The highest BCUT2D eigenvalue weighted by Gasteiger charge is 2.46. The summed E-state index contributed by atoms with van der Waals surface area (Å²) in [5, 5.41) is 42.0. The third kappa shape index (κ3) is 5.85. The highest BCUT2D eigenvalue weighted by atomic mass is 16.5. The Morgan fingerprint density at radius 3 is 1.56 bits per heavy atom. The third-order valence-corrected chi connectivity index (χ3v) is 5.39. The number of hydrogen-bond acceptors (Lipinski definition) is 8. The second-order valence-electron chi connectivity index (χ2n) is 7.86. The van der Waals surface area contributed by atoms with E-state index in [1.807, 2.05) is 30.3 Å². The minimum atomic E-state index is -2.10. The molecule has 0 spiro atoms. The Hall–Kier alpha value is -3.58. The number of hydroxylamine groups is 2. The summed E-state index contributed by atoms with van der Waals surface area (Å²) in [4.78, 5) is 50.3. The van der Waals surface area contributed by atoms with Crippen molar-refractivity contribution in [3.63, 3.8) is 0 Å². The van der Waals surface area contributed by atoms with Crippen LogP contribution in [0, 0.1) is 5.41 Å². The molecule has 0 saturated carbocycles. The average molecular weight is 476 g/mol. The molecule has 8 N–H and O–H groups in total. The van der Waals surface area contributed by atoms with Crippen molar-refractivity contribution in [2.24, 2.45) is 5.41 Å². The molecule has 2 rings (SSSR count). The highest BCUT2D eigenvalue weighted by molar-refractivity contribution is 6.11. The van der Waals surface area contributed by atoms with Crippen LogP contribution < -0.4 is 21.6 Å². The van der Waals surface area contributed by atoms with Crippen molar-refractivity contribution >= 4 is 23.6 Å². The van der Waals surface area contributed by atoms with E-state index in [1.165, 1.54) is 37.0 Å². The number of benzene rings is 1. The van der Waals surface area contributed by atoms with E-state index < -0.39 is 53.3 Å². The molecular formula is C22H28N4O8. The molecule has 1 aromatic rings. The molecule has 34 heavy (non-hydrogen) atoms. The molecule has 0 aliphatic heterocycles. The van der Waals surface area contributed by atoms with Gasteiger partial charge < -0.3 is 20.8 Å². The summed E-state index contributed by atoms with van der Waals surface area (Å²) in [6.45, 7) is 2.39. The maximum atomic E-state index is 13.3. The molecular weight excluding hydrogens is 448 g/mol. The summed E-state index contributed by atoms with van der Waals surface area (Å²) < 4.78 is 0. The topological polar surface area (TPSA) is 197 Å². The van der Waals surface area contributed by atoms with Crippen LogP contribution in [0.4, 0.5) is 0 Å². The van der Waals surface area contributed by atoms with Crippen LogP contribution in [0.15, 0.2) is 54.6 Å². The van der Waals surface area contributed by atoms with Crippen molar-refractivity contribution in [3.05, 3.63) is 60.2 Å². The van der Waals surface area contributed by atoms with Gasteiger partial charge in [0.2, 0.25) is 11.8 Å². The maximum absolute atomic E-state index is 13.3. The van der Waals surface area contributed by atoms with Gasteiger partial charge in [-0.05, 0) is 19.4 Å². The molecule has 12 nitrogen and oxygen atoms in total. The van der Waals surface area contributed by atoms with Crippen molar-refractivity contribution in [3.8, 4) is 0 Å². The van der Waals surface area contributed by atoms with E-state index in [-0.39, 0.29) is 5.92 Å². The van der Waals surface area contributed by atoms with Crippen LogP contribution in [-0.4, -0.2) is 68.5 Å². The number of nitrogens with one attached hydrogen (secondary N) is 4. The Balaban J connectivity index is 2.44. The van der Waals surface area contributed by atoms with E-state index in [0.717, 1.165) is 5.56 Å². The molecule has 0 aromatic heterocycles. The van der Waals surface area contributed by atoms with Crippen LogP contribution in [0.3, 0.4) is 0 Å². The Morgan fingerprint density at radius 2 is 1.21 bits per heavy atom. The van der Waals surface area contributed by atoms with Crippen LogP contribution in [-0.2, 0) is 19.2 Å². The molecule has 1 aliphatic carbocycles. The number of carbonyl (C=O) groups excluding carboxylic acids is 4. The number of rotatable bonds is 9. The molecule has 1 aromatic carbocycles. The molecule has 0 unspecified atom stereocenters. The van der Waals surface area contributed by atoms with Gasteiger partial charge in [0.15, 0.2) is 5.41 Å². The van der Waals surface area contributed by atoms with Crippen molar-refractivity contribution in [1.82, 2.24) is 21.6 Å². The smallest absolute Gasteiger partial charge is 0.268 e. The summed E-state index contributed by atoms with van der Waals surface area (Å²) in [6, 6.07) is 5.94. The SMILES string of the molecule is C[C@@H](O)[C@H](NC(=O)C1(C(=O)N[C@@H](C(=O)NO)[C@@H](C)O)C=CC(c2ccccc2)C=C1)C(=O)NO. The molecule has 12 heteroatoms. The first-order valence-electron chi connectivity index (χ1n) is 10.4. The summed E-state index contributed by atoms with van der Waals surface area (Å²) in [7, 11) is 0. The normalized spacial score (nSPS) is 22.6. The molecule has 184 valence electrons. The van der Waals surface area contributed by atoms with Crippen molar-refractivity contribution in [2.75, 3.05) is 0 Å². The molecule has 4 atom stereocenters. The average Bonchev–Trinajstić information content (AvgIpc) is 2.84. The van der Waals surface area contributed by atoms with Gasteiger partial charge in [0.05, 0.1) is 12.2 Å². The van der Waals surface area contributed by atoms with Crippen LogP contribution in [0.2, 0.25) is 0 Å². The second kappa shape index (κ2) is 11.5. The Kier molecular flexibility index (Phi) is 9.04. The summed E-state index contributed by atoms with van der Waals surface area (Å²) in [6.07, 6.45) is 2.80. The van der Waals surface area contributed by atoms with Gasteiger partial charge >= 0.3 is 0 Å². The van der Waals surface area contributed by atoms with Gasteiger partial charge in [0.1, 0.15) is 12.1 Å². The molecule has 4 amide bonds. The monoisotopic (exact) mass is 476 g/mol. The zero-order chi connectivity index (χ0) is 25.5. The van der Waals surface area contributed by atoms with E-state index >= 15 is 0 Å². The quantitative estimate of drug-likeness (QED) is 0.0923. The standard InChI is InChI=1S/C22H28N4O8/c1-12(27)16(18(29)25-33)23-20(31)22(21(32)24-17(13(2)28)19(30)26-34)10-8-15(9-11-22)14-6-4-3-5-7-14/h3-13,15-17,27-28,33-34H,1-2H3,(H,23,31)(H,24,32)(H,25,29)(H,26,30)/t12-,13-,15?,16-,17+,22?/m1/s1. The third-order valence-electron chi connectivity index (χ3n) is 5.39. The first kappa shape index (κ1) is 26.7. The van der Waals surface area contributed by atoms with Gasteiger partial charge in [-0.1, -0.05) is 54.6 Å². The molecule has 0 fully saturated rings. The molecule has 1 aliphatic rings. The van der Waals surface area contributed by atoms with Crippen LogP contribution in [0.1, 0.15) is 25.3 Å². The van der Waals surface area contributed by atoms with E-state index in [9.17, 15) is 29.4 Å². The number of amides is 4. The number of hydrogen-bond donors (Lipinski definition) is 8. The molecule has 0 heterocycles. The van der Waals surface area contributed by atoms with E-state index in [0.29, 0.717) is 0 Å². The van der Waals surface area contributed by atoms with Crippen molar-refractivity contribution < 1.29 is 39.8 Å². The van der Waals surface area contributed by atoms with E-state index in [4.69, 9.17) is 10.4 Å². The molecule has 0 bridgehead atoms. The Labute approximate surface area is 195 Å². The number of allylic oxidation sites excluding steroid dienone is 2. The number of aliphatic hydroxyl groups is 2. The van der Waals surface area contributed by atoms with Crippen LogP contribution in [0.5, 0.6) is 0 Å². The molecule has 0 saturated heterocycles. The predicted octanol–water partition coefficient (Wildman–Crippen LogP) is -1.38. The lowest BCUT2D eigenvalue weighted by Gasteiger charge is -2.32. The first-order chi connectivity index (χ1) is 16.1. The van der Waals surface area contributed by atoms with Crippen molar-refractivity contribution in [2.45, 2.75) is 44.1 Å². The van der Waals surface area contributed by atoms with Crippen LogP contribution in [0.25, 0.3) is 0 Å². The Morgan fingerprint density at radius 1 is 0.794 bits per heavy atom. The van der Waals surface area contributed by atoms with Gasteiger partial charge in [-0.3, -0.25) is 29.6 Å². The first-order valence-corrected chi connectivity index (χ1v) is 10.4. The molecule has 0 radical (unpaired) electrons. The van der Waals surface area contributed by atoms with E-state index in [1.54, 1.807) is 12.2 Å². The minimum Gasteiger partial charge on any atom is -0.391 e. The van der Waals surface area contributed by atoms with Gasteiger partial charge in [-0.15, -0.1) is 0 Å².